The minimum absolute atomic E-state index is 0.750. The van der Waals surface area contributed by atoms with Crippen molar-refractivity contribution in [1.82, 2.24) is 2.93 Å². The van der Waals surface area contributed by atoms with Gasteiger partial charge in [0.05, 0.1) is 0 Å². The van der Waals surface area contributed by atoms with E-state index in [0.717, 1.165) is 6.54 Å². The Morgan fingerprint density at radius 3 is 1.80 bits per heavy atom. The third kappa shape index (κ3) is 5.00. The zero-order valence-corrected chi connectivity index (χ0v) is 4.64. The quantitative estimate of drug-likeness (QED) is 0.509. The van der Waals surface area contributed by atoms with Crippen LogP contribution >= 0.6 is 0 Å². The summed E-state index contributed by atoms with van der Waals surface area (Å²) in [6.07, 6.45) is 0. The van der Waals surface area contributed by atoms with Crippen molar-refractivity contribution in [3.63, 3.8) is 0 Å². The van der Waals surface area contributed by atoms with Crippen LogP contribution in [0.3, 0.4) is 0 Å². The Hall–Kier alpha value is 0.999. The summed E-state index contributed by atoms with van der Waals surface area (Å²) in [5, 5.41) is 0. The summed E-state index contributed by atoms with van der Waals surface area (Å²) in [7, 11) is 0. The fraction of sp³-hybridized carbons (Fsp3) is 1.00. The Bertz CT molecular complexity index is 21.6. The molecule has 40 valence electrons. The molecule has 0 amide bonds. The number of hydrogen-bond donors (Lipinski definition) is 0. The van der Waals surface area contributed by atoms with Crippen molar-refractivity contribution in [2.24, 2.45) is 0 Å². The molecule has 0 spiro atoms. The van der Waals surface area contributed by atoms with Gasteiger partial charge in [-0.05, 0) is 0 Å². The molecular weight excluding hydrogens is 165 g/mol. The zero-order chi connectivity index (χ0) is 4.28. The van der Waals surface area contributed by atoms with Crippen molar-refractivity contribution in [3.05, 3.63) is 0 Å². The van der Waals surface area contributed by atoms with E-state index in [1.807, 2.05) is 6.92 Å². The van der Waals surface area contributed by atoms with Crippen molar-refractivity contribution in [2.45, 2.75) is 6.92 Å². The molecule has 0 aliphatic rings. The molecule has 5 heavy (non-hydrogen) atoms. The summed E-state index contributed by atoms with van der Waals surface area (Å²) in [6.45, 7) is 2.66. The molecule has 0 aliphatic heterocycles. The Labute approximate surface area is 49.2 Å². The van der Waals surface area contributed by atoms with Crippen LogP contribution in [0.4, 0.5) is 0 Å². The Morgan fingerprint density at radius 2 is 1.80 bits per heavy atom. The van der Waals surface area contributed by atoms with Crippen molar-refractivity contribution in [3.8, 4) is 0 Å². The zero-order valence-electron chi connectivity index (χ0n) is 2.76. The van der Waals surface area contributed by atoms with Gasteiger partial charge in [-0.2, -0.15) is 0 Å². The molecule has 0 rings (SSSR count). The molecule has 0 aliphatic carbocycles. The minimum atomic E-state index is 0.750. The first-order valence-electron chi connectivity index (χ1n) is 1.29. The SMILES string of the molecule is CC[N]([Cu])[Cu]. The molecule has 0 fully saturated rings. The first kappa shape index (κ1) is 6.00. The number of hydrogen-bond acceptors (Lipinski definition) is 1. The normalized spacial score (nSPS) is 10.0. The van der Waals surface area contributed by atoms with Gasteiger partial charge in [-0.25, -0.2) is 0 Å². The van der Waals surface area contributed by atoms with E-state index in [1.54, 1.807) is 0 Å². The van der Waals surface area contributed by atoms with Crippen LogP contribution in [-0.2, 0) is 32.5 Å². The molecule has 0 saturated carbocycles. The van der Waals surface area contributed by atoms with E-state index in [9.17, 15) is 0 Å². The van der Waals surface area contributed by atoms with E-state index in [-0.39, 0.29) is 0 Å². The van der Waals surface area contributed by atoms with Gasteiger partial charge in [0.15, 0.2) is 0 Å². The molecule has 0 aromatic heterocycles. The second kappa shape index (κ2) is 3.20. The molecule has 0 aromatic carbocycles. The van der Waals surface area contributed by atoms with Crippen molar-refractivity contribution in [2.75, 3.05) is 6.54 Å². The molecule has 0 unspecified atom stereocenters. The number of rotatable bonds is 1. The second-order valence-corrected chi connectivity index (χ2v) is 1.79. The maximum atomic E-state index is 4.55. The van der Waals surface area contributed by atoms with Gasteiger partial charge in [-0.15, -0.1) is 0 Å². The Kier molecular flexibility index (Phi) is 3.84. The first-order chi connectivity index (χ1) is 2.27. The van der Waals surface area contributed by atoms with Gasteiger partial charge in [0.2, 0.25) is 0 Å². The Morgan fingerprint density at radius 1 is 1.60 bits per heavy atom. The van der Waals surface area contributed by atoms with E-state index in [4.69, 9.17) is 0 Å². The fourth-order valence-electron chi connectivity index (χ4n) is 0. The molecule has 1 nitrogen and oxygen atoms in total. The van der Waals surface area contributed by atoms with E-state index in [0.29, 0.717) is 0 Å². The van der Waals surface area contributed by atoms with Crippen molar-refractivity contribution in [1.29, 1.82) is 0 Å². The molecular formula is C2H5Cu2N. The average Bonchev–Trinajstić information content (AvgIpc) is 1.38. The van der Waals surface area contributed by atoms with Crippen LogP contribution in [0, 0.1) is 0 Å². The molecule has 3 heteroatoms. The van der Waals surface area contributed by atoms with E-state index in [2.05, 4.69) is 32.5 Å². The summed E-state index contributed by atoms with van der Waals surface area (Å²) in [6, 6.07) is 0. The van der Waals surface area contributed by atoms with Gasteiger partial charge in [0, 0.05) is 0 Å². The van der Waals surface area contributed by atoms with E-state index in [1.165, 1.54) is 2.93 Å². The first-order valence-corrected chi connectivity index (χ1v) is 2.14. The number of nitrogens with zero attached hydrogens (tertiary/aromatic N) is 1. The topological polar surface area (TPSA) is 3.24 Å². The van der Waals surface area contributed by atoms with Crippen LogP contribution in [0.15, 0.2) is 0 Å². The Balaban J connectivity index is 2.54. The summed E-state index contributed by atoms with van der Waals surface area (Å²) in [4.78, 5) is 0. The van der Waals surface area contributed by atoms with Crippen molar-refractivity contribution < 1.29 is 32.5 Å². The van der Waals surface area contributed by atoms with Crippen LogP contribution < -0.4 is 0 Å². The summed E-state index contributed by atoms with van der Waals surface area (Å²) in [5.41, 5.74) is 0. The molecule has 0 radical (unpaired) electrons. The molecule has 0 saturated heterocycles. The summed E-state index contributed by atoms with van der Waals surface area (Å²) < 4.78 is 1.25. The van der Waals surface area contributed by atoms with Gasteiger partial charge in [0.1, 0.15) is 0 Å². The van der Waals surface area contributed by atoms with Gasteiger partial charge >= 0.3 is 48.9 Å². The van der Waals surface area contributed by atoms with Gasteiger partial charge in [-0.1, -0.05) is 0 Å². The summed E-state index contributed by atoms with van der Waals surface area (Å²) >= 11 is 9.09. The fourth-order valence-corrected chi connectivity index (χ4v) is 0. The van der Waals surface area contributed by atoms with Crippen molar-refractivity contribution >= 4 is 0 Å². The molecule has 0 aromatic rings. The molecule has 0 N–H and O–H groups in total. The van der Waals surface area contributed by atoms with Crippen LogP contribution in [-0.4, -0.2) is 9.48 Å². The van der Waals surface area contributed by atoms with Crippen LogP contribution in [0.1, 0.15) is 6.92 Å². The third-order valence-corrected chi connectivity index (χ3v) is 0.786. The average molecular weight is 170 g/mol. The maximum absolute atomic E-state index is 4.55. The second-order valence-electron chi connectivity index (χ2n) is 0.548. The standard InChI is InChI=1S/C2H5N.2Cu/c1-2-3;;/h2H2,1H3;;. The van der Waals surface area contributed by atoms with Gasteiger partial charge < -0.3 is 0 Å². The third-order valence-electron chi connectivity index (χ3n) is 0.191. The van der Waals surface area contributed by atoms with Gasteiger partial charge in [0.25, 0.3) is 0 Å². The predicted molar refractivity (Wildman–Crippen MR) is 12.4 cm³/mol. The van der Waals surface area contributed by atoms with Crippen LogP contribution in [0.2, 0.25) is 0 Å². The van der Waals surface area contributed by atoms with E-state index < -0.39 is 0 Å². The molecule has 0 heterocycles. The summed E-state index contributed by atoms with van der Waals surface area (Å²) in [5.74, 6) is 0. The van der Waals surface area contributed by atoms with Crippen LogP contribution in [0.25, 0.3) is 0 Å². The predicted octanol–water partition coefficient (Wildman–Crippen LogP) is 0.232. The molecule has 0 atom stereocenters. The molecule has 0 bridgehead atoms. The van der Waals surface area contributed by atoms with E-state index >= 15 is 0 Å². The van der Waals surface area contributed by atoms with Crippen LogP contribution in [0.5, 0.6) is 0 Å². The van der Waals surface area contributed by atoms with Gasteiger partial charge in [-0.3, -0.25) is 0 Å². The monoisotopic (exact) mass is 169 g/mol.